The molecule has 72 heavy (non-hydrogen) atoms. The lowest BCUT2D eigenvalue weighted by molar-refractivity contribution is 0.171. The van der Waals surface area contributed by atoms with Crippen LogP contribution in [0.5, 0.6) is 23.0 Å². The third-order valence-corrected chi connectivity index (χ3v) is 15.8. The summed E-state index contributed by atoms with van der Waals surface area (Å²) in [6.45, 7) is 28.6. The van der Waals surface area contributed by atoms with E-state index in [4.69, 9.17) is 28.4 Å². The first-order valence-electron chi connectivity index (χ1n) is 25.1. The summed E-state index contributed by atoms with van der Waals surface area (Å²) in [7, 11) is 0. The molecule has 370 valence electrons. The number of allylic oxidation sites excluding steroid dienone is 6. The molecule has 0 unspecified atom stereocenters. The Balaban J connectivity index is 1.07. The van der Waals surface area contributed by atoms with Crippen molar-refractivity contribution in [2.24, 2.45) is 0 Å². The largest absolute Gasteiger partial charge is 0.485 e. The van der Waals surface area contributed by atoms with Crippen LogP contribution >= 0.6 is 22.7 Å². The van der Waals surface area contributed by atoms with Crippen LogP contribution in [0, 0.1) is 0 Å². The van der Waals surface area contributed by atoms with E-state index in [1.165, 1.54) is 22.3 Å². The van der Waals surface area contributed by atoms with Crippen LogP contribution in [0.2, 0.25) is 0 Å². The molecule has 4 aromatic carbocycles. The van der Waals surface area contributed by atoms with Crippen LogP contribution in [0.15, 0.2) is 133 Å². The lowest BCUT2D eigenvalue weighted by Gasteiger charge is -2.23. The molecule has 0 amide bonds. The van der Waals surface area contributed by atoms with E-state index in [1.807, 2.05) is 0 Å². The number of hydrogen-bond acceptors (Lipinski definition) is 8. The Morgan fingerprint density at radius 2 is 0.569 bits per heavy atom. The second-order valence-electron chi connectivity index (χ2n) is 23.1. The van der Waals surface area contributed by atoms with Crippen molar-refractivity contribution in [1.29, 1.82) is 0 Å². The average molecular weight is 995 g/mol. The van der Waals surface area contributed by atoms with Gasteiger partial charge in [-0.05, 0) is 91.5 Å². The molecule has 0 N–H and O–H groups in total. The third-order valence-electron chi connectivity index (χ3n) is 13.4. The van der Waals surface area contributed by atoms with Crippen LogP contribution in [-0.4, -0.2) is 26.4 Å². The number of rotatable bonds is 7. The van der Waals surface area contributed by atoms with Gasteiger partial charge in [0.25, 0.3) is 0 Å². The van der Waals surface area contributed by atoms with Crippen LogP contribution in [0.25, 0.3) is 44.9 Å². The minimum atomic E-state index is 0.0324. The molecule has 2 aromatic heterocycles. The molecule has 4 aliphatic rings. The van der Waals surface area contributed by atoms with Crippen LogP contribution < -0.4 is 18.9 Å². The Labute approximate surface area is 434 Å². The molecule has 10 rings (SSSR count). The zero-order valence-electron chi connectivity index (χ0n) is 43.8. The van der Waals surface area contributed by atoms with E-state index in [-0.39, 0.29) is 21.7 Å². The Morgan fingerprint density at radius 3 is 0.806 bits per heavy atom. The van der Waals surface area contributed by atoms with Gasteiger partial charge in [0.05, 0.1) is 19.5 Å². The molecular weight excluding hydrogens is 929 g/mol. The standard InChI is InChI=1S/C64H66O6S2/c1-61(2,3)45-21-13-41(14-22-45)49-33-39(34-50(69-49)42-15-23-46(24-16-42)62(4,5)6)37-53-55-57(67-31-29-65-55)59(71-53)60-58-56(66-30-32-68-58)54(72-60)38-40-35-51(43-17-25-47(26-18-43)63(7,8)9)70-52(36-40)44-19-27-48(28-20-44)64(10,11)12/h13-28,33-38H,29-32H2,1-12H3. The van der Waals surface area contributed by atoms with Gasteiger partial charge in [-0.3, -0.25) is 0 Å². The first-order valence-corrected chi connectivity index (χ1v) is 26.7. The predicted octanol–water partition coefficient (Wildman–Crippen LogP) is 17.2. The van der Waals surface area contributed by atoms with E-state index < -0.39 is 0 Å². The van der Waals surface area contributed by atoms with Gasteiger partial charge in [-0.15, -0.1) is 22.7 Å². The minimum Gasteiger partial charge on any atom is -0.485 e. The van der Waals surface area contributed by atoms with Gasteiger partial charge in [0.15, 0.2) is 23.0 Å². The van der Waals surface area contributed by atoms with Crippen molar-refractivity contribution in [1.82, 2.24) is 0 Å². The van der Waals surface area contributed by atoms with Crippen molar-refractivity contribution in [3.63, 3.8) is 0 Å². The molecule has 0 spiro atoms. The summed E-state index contributed by atoms with van der Waals surface area (Å²) in [6, 6.07) is 34.9. The normalized spacial score (nSPS) is 15.9. The lowest BCUT2D eigenvalue weighted by atomic mass is 9.86. The molecule has 0 bridgehead atoms. The van der Waals surface area contributed by atoms with Gasteiger partial charge in [-0.25, -0.2) is 0 Å². The Morgan fingerprint density at radius 1 is 0.333 bits per heavy atom. The summed E-state index contributed by atoms with van der Waals surface area (Å²) < 4.78 is 39.6. The second kappa shape index (κ2) is 18.8. The zero-order chi connectivity index (χ0) is 50.7. The monoisotopic (exact) mass is 994 g/mol. The highest BCUT2D eigenvalue weighted by Gasteiger charge is 2.33. The van der Waals surface area contributed by atoms with Gasteiger partial charge in [0.2, 0.25) is 0 Å². The summed E-state index contributed by atoms with van der Waals surface area (Å²) in [6.07, 6.45) is 12.9. The van der Waals surface area contributed by atoms with Crippen LogP contribution in [0.4, 0.5) is 0 Å². The lowest BCUT2D eigenvalue weighted by Crippen LogP contribution is -2.15. The molecule has 6 nitrogen and oxygen atoms in total. The number of fused-ring (bicyclic) bond motifs is 2. The SMILES string of the molecule is CC(C)(C)c1ccc(C2=CC(=Cc3sc(-c4sc(C=C5C=C(c6ccc(C(C)(C)C)cc6)OC(c6ccc(C(C)(C)C)cc6)=C5)c5c4OCCO5)c4c3OCCO4)C=C(c3ccc(C(C)(C)C)cc3)O2)cc1. The number of ether oxygens (including phenoxy) is 6. The Hall–Kier alpha value is -6.48. The van der Waals surface area contributed by atoms with Gasteiger partial charge >= 0.3 is 0 Å². The maximum absolute atomic E-state index is 6.77. The van der Waals surface area contributed by atoms with Crippen LogP contribution in [0.3, 0.4) is 0 Å². The summed E-state index contributed by atoms with van der Waals surface area (Å²) in [5, 5.41) is 0. The maximum atomic E-state index is 6.77. The van der Waals surface area contributed by atoms with Gasteiger partial charge in [0.1, 0.15) is 49.5 Å². The van der Waals surface area contributed by atoms with E-state index in [0.29, 0.717) is 26.4 Å². The van der Waals surface area contributed by atoms with Crippen molar-refractivity contribution < 1.29 is 28.4 Å². The van der Waals surface area contributed by atoms with Crippen LogP contribution in [-0.2, 0) is 31.1 Å². The predicted molar refractivity (Wildman–Crippen MR) is 300 cm³/mol. The summed E-state index contributed by atoms with van der Waals surface area (Å²) >= 11 is 3.29. The minimum absolute atomic E-state index is 0.0324. The van der Waals surface area contributed by atoms with Crippen molar-refractivity contribution in [2.45, 2.75) is 105 Å². The molecule has 4 aliphatic heterocycles. The molecule has 8 heteroatoms. The molecule has 0 fully saturated rings. The molecule has 0 aliphatic carbocycles. The highest BCUT2D eigenvalue weighted by molar-refractivity contribution is 7.24. The van der Waals surface area contributed by atoms with E-state index in [1.54, 1.807) is 22.7 Å². The fourth-order valence-corrected chi connectivity index (χ4v) is 11.5. The molecule has 0 radical (unpaired) electrons. The quantitative estimate of drug-likeness (QED) is 0.159. The molecule has 0 saturated carbocycles. The van der Waals surface area contributed by atoms with Gasteiger partial charge in [-0.1, -0.05) is 180 Å². The molecule has 0 saturated heterocycles. The summed E-state index contributed by atoms with van der Waals surface area (Å²) in [4.78, 5) is 3.79. The number of thiophene rings is 2. The van der Waals surface area contributed by atoms with Gasteiger partial charge < -0.3 is 28.4 Å². The highest BCUT2D eigenvalue weighted by atomic mass is 32.1. The van der Waals surface area contributed by atoms with Crippen molar-refractivity contribution in [3.8, 4) is 32.8 Å². The van der Waals surface area contributed by atoms with E-state index in [0.717, 1.165) is 98.9 Å². The second-order valence-corrected chi connectivity index (χ2v) is 25.2. The Kier molecular flexibility index (Phi) is 12.9. The van der Waals surface area contributed by atoms with E-state index >= 15 is 0 Å². The smallest absolute Gasteiger partial charge is 0.181 e. The highest BCUT2D eigenvalue weighted by Crippen LogP contribution is 2.58. The number of hydrogen-bond donors (Lipinski definition) is 0. The Bertz CT molecular complexity index is 2840. The topological polar surface area (TPSA) is 55.4 Å². The van der Waals surface area contributed by atoms with Crippen molar-refractivity contribution >= 4 is 57.9 Å². The molecule has 0 atom stereocenters. The first kappa shape index (κ1) is 49.1. The van der Waals surface area contributed by atoms with Gasteiger partial charge in [-0.2, -0.15) is 0 Å². The zero-order valence-corrected chi connectivity index (χ0v) is 45.4. The average Bonchev–Trinajstić information content (AvgIpc) is 3.90. The van der Waals surface area contributed by atoms with Crippen molar-refractivity contribution in [3.05, 3.63) is 187 Å². The van der Waals surface area contributed by atoms with Crippen LogP contribution in [0.1, 0.15) is 137 Å². The fourth-order valence-electron chi connectivity index (χ4n) is 9.05. The maximum Gasteiger partial charge on any atom is 0.181 e. The van der Waals surface area contributed by atoms with E-state index in [2.05, 4.69) is 217 Å². The summed E-state index contributed by atoms with van der Waals surface area (Å²) in [5.41, 5.74) is 11.2. The van der Waals surface area contributed by atoms with E-state index in [9.17, 15) is 0 Å². The molecule has 6 aromatic rings. The fraction of sp³-hybridized carbons (Fsp3) is 0.312. The van der Waals surface area contributed by atoms with Crippen molar-refractivity contribution in [2.75, 3.05) is 26.4 Å². The third kappa shape index (κ3) is 10.3. The molecular formula is C64H66O6S2. The number of benzene rings is 4. The first-order chi connectivity index (χ1) is 34.2. The molecule has 6 heterocycles. The van der Waals surface area contributed by atoms with Gasteiger partial charge in [0, 0.05) is 22.3 Å². The summed E-state index contributed by atoms with van der Waals surface area (Å²) in [5.74, 6) is 6.03.